The summed E-state index contributed by atoms with van der Waals surface area (Å²) in [4.78, 5) is 18.5. The Hall–Kier alpha value is -2.37. The molecule has 1 amide bonds. The van der Waals surface area contributed by atoms with Crippen molar-refractivity contribution < 1.29 is 14.1 Å². The zero-order valence-corrected chi connectivity index (χ0v) is 15.9. The maximum atomic E-state index is 12.5. The maximum Gasteiger partial charge on any atom is 0.263 e. The smallest absolute Gasteiger partial charge is 0.263 e. The summed E-state index contributed by atoms with van der Waals surface area (Å²) < 4.78 is 11.0. The summed E-state index contributed by atoms with van der Waals surface area (Å²) in [6.07, 6.45) is -0.00346. The van der Waals surface area contributed by atoms with E-state index in [4.69, 9.17) is 9.26 Å². The molecule has 0 aliphatic heterocycles. The van der Waals surface area contributed by atoms with Gasteiger partial charge in [-0.25, -0.2) is 0 Å². The van der Waals surface area contributed by atoms with Crippen LogP contribution in [-0.2, 0) is 11.2 Å². The lowest BCUT2D eigenvalue weighted by Gasteiger charge is -2.22. The van der Waals surface area contributed by atoms with E-state index in [-0.39, 0.29) is 11.8 Å². The van der Waals surface area contributed by atoms with Crippen molar-refractivity contribution >= 4 is 5.91 Å². The molecular weight excluding hydrogens is 318 g/mol. The normalized spacial score (nSPS) is 12.3. The maximum absolute atomic E-state index is 12.5. The van der Waals surface area contributed by atoms with Gasteiger partial charge in [0.2, 0.25) is 5.89 Å². The molecule has 6 heteroatoms. The largest absolute Gasteiger partial charge is 0.481 e. The van der Waals surface area contributed by atoms with E-state index in [1.165, 1.54) is 0 Å². The third-order valence-corrected chi connectivity index (χ3v) is 4.02. The number of carbonyl (C=O) groups excluding carboxylic acids is 1. The van der Waals surface area contributed by atoms with Gasteiger partial charge in [-0.15, -0.1) is 0 Å². The second-order valence-electron chi connectivity index (χ2n) is 6.74. The van der Waals surface area contributed by atoms with Crippen molar-refractivity contribution in [1.29, 1.82) is 0 Å². The van der Waals surface area contributed by atoms with Crippen molar-refractivity contribution in [2.24, 2.45) is 0 Å². The number of aryl methyl sites for hydroxylation is 2. The number of likely N-dealkylation sites (N-methyl/N-ethyl adjacent to an activating group) is 1. The molecule has 0 radical (unpaired) electrons. The van der Waals surface area contributed by atoms with Crippen LogP contribution < -0.4 is 4.74 Å². The molecule has 1 aromatic carbocycles. The van der Waals surface area contributed by atoms with E-state index >= 15 is 0 Å². The van der Waals surface area contributed by atoms with Gasteiger partial charge >= 0.3 is 0 Å². The molecule has 1 heterocycles. The number of ether oxygens (including phenoxy) is 1. The van der Waals surface area contributed by atoms with Crippen molar-refractivity contribution in [2.75, 3.05) is 13.6 Å². The number of carbonyl (C=O) groups is 1. The molecule has 2 aromatic rings. The Labute approximate surface area is 149 Å². The van der Waals surface area contributed by atoms with Crippen molar-refractivity contribution in [3.63, 3.8) is 0 Å². The summed E-state index contributed by atoms with van der Waals surface area (Å²) in [6.45, 7) is 10.3. The van der Waals surface area contributed by atoms with Crippen LogP contribution in [0, 0.1) is 13.8 Å². The molecule has 2 rings (SSSR count). The lowest BCUT2D eigenvalue weighted by atomic mass is 10.1. The fourth-order valence-corrected chi connectivity index (χ4v) is 2.37. The molecule has 0 fully saturated rings. The highest BCUT2D eigenvalue weighted by Crippen LogP contribution is 2.21. The van der Waals surface area contributed by atoms with Crippen LogP contribution in [0.2, 0.25) is 0 Å². The van der Waals surface area contributed by atoms with Crippen LogP contribution in [-0.4, -0.2) is 40.6 Å². The third kappa shape index (κ3) is 5.05. The quantitative estimate of drug-likeness (QED) is 0.770. The second-order valence-corrected chi connectivity index (χ2v) is 6.74. The van der Waals surface area contributed by atoms with Gasteiger partial charge in [0.15, 0.2) is 11.9 Å². The van der Waals surface area contributed by atoms with Gasteiger partial charge in [0.25, 0.3) is 5.91 Å². The Morgan fingerprint density at radius 3 is 2.64 bits per heavy atom. The molecule has 25 heavy (non-hydrogen) atoms. The van der Waals surface area contributed by atoms with E-state index in [0.717, 1.165) is 16.9 Å². The number of benzene rings is 1. The molecular formula is C19H27N3O3. The topological polar surface area (TPSA) is 68.5 Å². The van der Waals surface area contributed by atoms with E-state index in [2.05, 4.69) is 10.1 Å². The van der Waals surface area contributed by atoms with Crippen LogP contribution in [0.5, 0.6) is 5.75 Å². The van der Waals surface area contributed by atoms with E-state index < -0.39 is 6.10 Å². The fraction of sp³-hybridized carbons (Fsp3) is 0.526. The molecule has 0 N–H and O–H groups in total. The van der Waals surface area contributed by atoms with Gasteiger partial charge in [-0.05, 0) is 38.0 Å². The average Bonchev–Trinajstić information content (AvgIpc) is 3.04. The summed E-state index contributed by atoms with van der Waals surface area (Å²) in [7, 11) is 1.76. The fourth-order valence-electron chi connectivity index (χ4n) is 2.37. The summed E-state index contributed by atoms with van der Waals surface area (Å²) in [5, 5.41) is 3.95. The van der Waals surface area contributed by atoms with Gasteiger partial charge in [0, 0.05) is 25.9 Å². The van der Waals surface area contributed by atoms with Crippen molar-refractivity contribution in [1.82, 2.24) is 15.0 Å². The molecule has 1 aromatic heterocycles. The van der Waals surface area contributed by atoms with Crippen LogP contribution in [0.3, 0.4) is 0 Å². The number of amides is 1. The number of aromatic nitrogens is 2. The summed E-state index contributed by atoms with van der Waals surface area (Å²) in [5.41, 5.74) is 2.12. The third-order valence-electron chi connectivity index (χ3n) is 4.02. The van der Waals surface area contributed by atoms with Crippen LogP contribution in [0.15, 0.2) is 22.7 Å². The molecule has 1 unspecified atom stereocenters. The first-order valence-electron chi connectivity index (χ1n) is 8.59. The Morgan fingerprint density at radius 2 is 2.00 bits per heavy atom. The zero-order chi connectivity index (χ0) is 18.6. The summed E-state index contributed by atoms with van der Waals surface area (Å²) >= 11 is 0. The minimum Gasteiger partial charge on any atom is -0.481 e. The second kappa shape index (κ2) is 8.14. The first-order chi connectivity index (χ1) is 11.8. The van der Waals surface area contributed by atoms with E-state index in [9.17, 15) is 4.79 Å². The standard InChI is InChI=1S/C19H27N3O3/c1-12(2)18-20-17(21-25-18)9-10-22(6)19(23)15(5)24-16-11-13(3)7-8-14(16)4/h7-8,11-12,15H,9-10H2,1-6H3. The number of hydrogen-bond acceptors (Lipinski definition) is 5. The lowest BCUT2D eigenvalue weighted by molar-refractivity contribution is -0.136. The SMILES string of the molecule is Cc1ccc(C)c(OC(C)C(=O)N(C)CCc2noc(C(C)C)n2)c1. The highest BCUT2D eigenvalue weighted by molar-refractivity contribution is 5.80. The van der Waals surface area contributed by atoms with E-state index in [0.29, 0.717) is 24.7 Å². The molecule has 0 aliphatic carbocycles. The Balaban J connectivity index is 1.90. The van der Waals surface area contributed by atoms with Crippen LogP contribution in [0.25, 0.3) is 0 Å². The Morgan fingerprint density at radius 1 is 1.28 bits per heavy atom. The van der Waals surface area contributed by atoms with E-state index in [1.54, 1.807) is 18.9 Å². The minimum absolute atomic E-state index is 0.0755. The molecule has 136 valence electrons. The van der Waals surface area contributed by atoms with Gasteiger partial charge in [-0.2, -0.15) is 4.98 Å². The molecule has 0 saturated carbocycles. The first-order valence-corrected chi connectivity index (χ1v) is 8.59. The van der Waals surface area contributed by atoms with E-state index in [1.807, 2.05) is 45.9 Å². The van der Waals surface area contributed by atoms with Gasteiger partial charge in [-0.3, -0.25) is 4.79 Å². The van der Waals surface area contributed by atoms with Crippen LogP contribution in [0.4, 0.5) is 0 Å². The molecule has 0 bridgehead atoms. The van der Waals surface area contributed by atoms with Crippen LogP contribution in [0.1, 0.15) is 49.5 Å². The van der Waals surface area contributed by atoms with Crippen LogP contribution >= 0.6 is 0 Å². The van der Waals surface area contributed by atoms with Crippen molar-refractivity contribution in [3.05, 3.63) is 41.0 Å². The predicted molar refractivity (Wildman–Crippen MR) is 95.7 cm³/mol. The number of hydrogen-bond donors (Lipinski definition) is 0. The first kappa shape index (κ1) is 19.0. The highest BCUT2D eigenvalue weighted by atomic mass is 16.5. The predicted octanol–water partition coefficient (Wildman–Crippen LogP) is 3.28. The Bertz CT molecular complexity index is 724. The van der Waals surface area contributed by atoms with Gasteiger partial charge in [-0.1, -0.05) is 31.1 Å². The summed E-state index contributed by atoms with van der Waals surface area (Å²) in [6, 6.07) is 5.97. The van der Waals surface area contributed by atoms with Crippen molar-refractivity contribution in [3.8, 4) is 5.75 Å². The van der Waals surface area contributed by atoms with Gasteiger partial charge < -0.3 is 14.2 Å². The molecule has 0 spiro atoms. The monoisotopic (exact) mass is 345 g/mol. The zero-order valence-electron chi connectivity index (χ0n) is 15.9. The van der Waals surface area contributed by atoms with Gasteiger partial charge in [0.1, 0.15) is 5.75 Å². The average molecular weight is 345 g/mol. The summed E-state index contributed by atoms with van der Waals surface area (Å²) in [5.74, 6) is 2.11. The lowest BCUT2D eigenvalue weighted by Crippen LogP contribution is -2.39. The minimum atomic E-state index is -0.554. The highest BCUT2D eigenvalue weighted by Gasteiger charge is 2.20. The molecule has 0 aliphatic rings. The molecule has 1 atom stereocenters. The molecule has 0 saturated heterocycles. The Kier molecular flexibility index (Phi) is 6.17. The van der Waals surface area contributed by atoms with Crippen molar-refractivity contribution in [2.45, 2.75) is 53.1 Å². The van der Waals surface area contributed by atoms with Gasteiger partial charge in [0.05, 0.1) is 0 Å². The number of rotatable bonds is 7. The molecule has 6 nitrogen and oxygen atoms in total. The number of nitrogens with zero attached hydrogens (tertiary/aromatic N) is 3.